The average molecular weight is 411 g/mol. The average Bonchev–Trinajstić information content (AvgIpc) is 3.16. The zero-order chi connectivity index (χ0) is 20.6. The summed E-state index contributed by atoms with van der Waals surface area (Å²) in [5.74, 6) is 1.83. The molecule has 9 heteroatoms. The maximum atomic E-state index is 12.4. The van der Waals surface area contributed by atoms with E-state index in [0.717, 1.165) is 5.56 Å². The van der Waals surface area contributed by atoms with Crippen LogP contribution >= 0.6 is 11.8 Å². The molecule has 0 atom stereocenters. The first-order valence-electron chi connectivity index (χ1n) is 8.75. The molecule has 29 heavy (non-hydrogen) atoms. The molecule has 3 aromatic rings. The summed E-state index contributed by atoms with van der Waals surface area (Å²) < 4.78 is 12.4. The van der Waals surface area contributed by atoms with Gasteiger partial charge in [-0.25, -0.2) is 0 Å². The first-order chi connectivity index (χ1) is 14.2. The zero-order valence-corrected chi connectivity index (χ0v) is 17.0. The second kappa shape index (κ2) is 9.74. The van der Waals surface area contributed by atoms with Gasteiger partial charge in [-0.15, -0.1) is 16.8 Å². The maximum absolute atomic E-state index is 12.4. The molecule has 0 saturated carbocycles. The minimum absolute atomic E-state index is 0.164. The van der Waals surface area contributed by atoms with Gasteiger partial charge in [-0.2, -0.15) is 0 Å². The van der Waals surface area contributed by atoms with Gasteiger partial charge in [-0.05, 0) is 24.3 Å². The van der Waals surface area contributed by atoms with Crippen molar-refractivity contribution in [3.63, 3.8) is 0 Å². The van der Waals surface area contributed by atoms with Crippen molar-refractivity contribution in [2.45, 2.75) is 11.7 Å². The number of thioether (sulfide) groups is 1. The van der Waals surface area contributed by atoms with E-state index in [1.165, 1.54) is 18.9 Å². The van der Waals surface area contributed by atoms with E-state index < -0.39 is 0 Å². The molecule has 0 spiro atoms. The van der Waals surface area contributed by atoms with Crippen LogP contribution in [0.1, 0.15) is 0 Å². The van der Waals surface area contributed by atoms with E-state index in [1.54, 1.807) is 43.8 Å². The zero-order valence-electron chi connectivity index (χ0n) is 16.2. The minimum atomic E-state index is -0.186. The minimum Gasteiger partial charge on any atom is -0.497 e. The van der Waals surface area contributed by atoms with Gasteiger partial charge in [0.25, 0.3) is 0 Å². The van der Waals surface area contributed by atoms with Gasteiger partial charge in [-0.3, -0.25) is 14.3 Å². The number of rotatable bonds is 9. The van der Waals surface area contributed by atoms with Crippen LogP contribution in [0.15, 0.2) is 60.5 Å². The van der Waals surface area contributed by atoms with E-state index in [-0.39, 0.29) is 11.7 Å². The largest absolute Gasteiger partial charge is 0.497 e. The Morgan fingerprint density at radius 2 is 2.14 bits per heavy atom. The fraction of sp³-hybridized carbons (Fsp3) is 0.200. The Hall–Kier alpha value is -3.33. The summed E-state index contributed by atoms with van der Waals surface area (Å²) in [5.41, 5.74) is 1.42. The van der Waals surface area contributed by atoms with Crippen LogP contribution in [0.25, 0.3) is 11.4 Å². The van der Waals surface area contributed by atoms with E-state index in [9.17, 15) is 4.79 Å². The molecule has 2 aromatic heterocycles. The Kier molecular flexibility index (Phi) is 6.85. The molecule has 8 nitrogen and oxygen atoms in total. The quantitative estimate of drug-likeness (QED) is 0.427. The number of amides is 1. The first kappa shape index (κ1) is 20.4. The molecule has 0 saturated heterocycles. The molecule has 0 aliphatic heterocycles. The summed E-state index contributed by atoms with van der Waals surface area (Å²) in [6.45, 7) is 4.31. The van der Waals surface area contributed by atoms with Gasteiger partial charge < -0.3 is 14.8 Å². The third-order valence-electron chi connectivity index (χ3n) is 3.96. The fourth-order valence-corrected chi connectivity index (χ4v) is 3.36. The lowest BCUT2D eigenvalue weighted by atomic mass is 10.2. The lowest BCUT2D eigenvalue weighted by molar-refractivity contribution is -0.113. The van der Waals surface area contributed by atoms with Gasteiger partial charge >= 0.3 is 0 Å². The number of pyridine rings is 1. The van der Waals surface area contributed by atoms with Crippen molar-refractivity contribution in [3.05, 3.63) is 55.4 Å². The molecule has 150 valence electrons. The first-order valence-corrected chi connectivity index (χ1v) is 9.74. The van der Waals surface area contributed by atoms with E-state index in [1.807, 2.05) is 16.7 Å². The van der Waals surface area contributed by atoms with E-state index in [0.29, 0.717) is 34.7 Å². The highest BCUT2D eigenvalue weighted by molar-refractivity contribution is 7.99. The van der Waals surface area contributed by atoms with Gasteiger partial charge in [0.2, 0.25) is 5.91 Å². The normalized spacial score (nSPS) is 10.4. The summed E-state index contributed by atoms with van der Waals surface area (Å²) in [5, 5.41) is 11.9. The molecular formula is C20H21N5O3S. The summed E-state index contributed by atoms with van der Waals surface area (Å²) >= 11 is 1.29. The molecule has 1 N–H and O–H groups in total. The van der Waals surface area contributed by atoms with Crippen LogP contribution in [0.2, 0.25) is 0 Å². The van der Waals surface area contributed by atoms with Gasteiger partial charge in [0, 0.05) is 30.6 Å². The highest BCUT2D eigenvalue weighted by Crippen LogP contribution is 2.29. The van der Waals surface area contributed by atoms with Crippen molar-refractivity contribution in [1.82, 2.24) is 19.7 Å². The SMILES string of the molecule is C=CCn1c(SCC(=O)Nc2ccc(OC)cc2OC)nnc1-c1cccnc1. The lowest BCUT2D eigenvalue weighted by Gasteiger charge is -2.11. The summed E-state index contributed by atoms with van der Waals surface area (Å²) in [4.78, 5) is 16.6. The summed E-state index contributed by atoms with van der Waals surface area (Å²) in [6.07, 6.45) is 5.18. The van der Waals surface area contributed by atoms with Gasteiger partial charge in [0.15, 0.2) is 11.0 Å². The number of nitrogens with one attached hydrogen (secondary N) is 1. The highest BCUT2D eigenvalue weighted by Gasteiger charge is 2.16. The van der Waals surface area contributed by atoms with Gasteiger partial charge in [0.1, 0.15) is 11.5 Å². The number of hydrogen-bond donors (Lipinski definition) is 1. The Balaban J connectivity index is 1.71. The number of nitrogens with zero attached hydrogens (tertiary/aromatic N) is 4. The van der Waals surface area contributed by atoms with E-state index in [2.05, 4.69) is 27.1 Å². The number of hydrogen-bond acceptors (Lipinski definition) is 7. The van der Waals surface area contributed by atoms with Crippen LogP contribution in [0, 0.1) is 0 Å². The lowest BCUT2D eigenvalue weighted by Crippen LogP contribution is -2.15. The number of benzene rings is 1. The van der Waals surface area contributed by atoms with Crippen LogP contribution in [0.3, 0.4) is 0 Å². The smallest absolute Gasteiger partial charge is 0.234 e. The van der Waals surface area contributed by atoms with Crippen LogP contribution in [-0.2, 0) is 11.3 Å². The third-order valence-corrected chi connectivity index (χ3v) is 4.93. The maximum Gasteiger partial charge on any atom is 0.234 e. The molecular weight excluding hydrogens is 390 g/mol. The summed E-state index contributed by atoms with van der Waals surface area (Å²) in [7, 11) is 3.11. The van der Waals surface area contributed by atoms with Crippen molar-refractivity contribution in [2.75, 3.05) is 25.3 Å². The molecule has 0 unspecified atom stereocenters. The molecule has 0 fully saturated rings. The van der Waals surface area contributed by atoms with Crippen LogP contribution in [-0.4, -0.2) is 45.6 Å². The number of anilines is 1. The second-order valence-electron chi connectivity index (χ2n) is 5.85. The van der Waals surface area contributed by atoms with Crippen LogP contribution in [0.4, 0.5) is 5.69 Å². The summed E-state index contributed by atoms with van der Waals surface area (Å²) in [6, 6.07) is 8.95. The third kappa shape index (κ3) is 4.94. The predicted octanol–water partition coefficient (Wildman–Crippen LogP) is 3.27. The van der Waals surface area contributed by atoms with Crippen LogP contribution < -0.4 is 14.8 Å². The molecule has 0 bridgehead atoms. The Morgan fingerprint density at radius 1 is 1.28 bits per heavy atom. The topological polar surface area (TPSA) is 91.2 Å². The van der Waals surface area contributed by atoms with Crippen LogP contribution in [0.5, 0.6) is 11.5 Å². The molecule has 2 heterocycles. The Bertz CT molecular complexity index is 991. The van der Waals surface area contributed by atoms with E-state index in [4.69, 9.17) is 9.47 Å². The second-order valence-corrected chi connectivity index (χ2v) is 6.79. The molecule has 1 aromatic carbocycles. The van der Waals surface area contributed by atoms with Gasteiger partial charge in [-0.1, -0.05) is 17.8 Å². The highest BCUT2D eigenvalue weighted by atomic mass is 32.2. The van der Waals surface area contributed by atoms with Crippen molar-refractivity contribution < 1.29 is 14.3 Å². The standard InChI is InChI=1S/C20H21N5O3S/c1-4-10-25-19(14-6-5-9-21-12-14)23-24-20(25)29-13-18(26)22-16-8-7-15(27-2)11-17(16)28-3/h4-9,11-12H,1,10,13H2,2-3H3,(H,22,26). The van der Waals surface area contributed by atoms with Gasteiger partial charge in [0.05, 0.1) is 25.7 Å². The van der Waals surface area contributed by atoms with E-state index >= 15 is 0 Å². The molecule has 3 rings (SSSR count). The molecule has 1 amide bonds. The molecule has 0 aliphatic carbocycles. The number of aromatic nitrogens is 4. The Morgan fingerprint density at radius 3 is 2.83 bits per heavy atom. The number of allylic oxidation sites excluding steroid dienone is 1. The Labute approximate surface area is 173 Å². The predicted molar refractivity (Wildman–Crippen MR) is 112 cm³/mol. The number of carbonyl (C=O) groups is 1. The van der Waals surface area contributed by atoms with Crippen molar-refractivity contribution in [2.24, 2.45) is 0 Å². The van der Waals surface area contributed by atoms with Crippen molar-refractivity contribution in [3.8, 4) is 22.9 Å². The molecule has 0 radical (unpaired) electrons. The van der Waals surface area contributed by atoms with Crippen molar-refractivity contribution in [1.29, 1.82) is 0 Å². The number of methoxy groups -OCH3 is 2. The fourth-order valence-electron chi connectivity index (χ4n) is 2.62. The monoisotopic (exact) mass is 411 g/mol. The number of carbonyl (C=O) groups excluding carboxylic acids is 1. The van der Waals surface area contributed by atoms with Crippen molar-refractivity contribution >= 4 is 23.4 Å². The number of ether oxygens (including phenoxy) is 2. The molecule has 0 aliphatic rings.